The highest BCUT2D eigenvalue weighted by Crippen LogP contribution is 2.09. The molecule has 27 heavy (non-hydrogen) atoms. The number of hydrogen-bond acceptors (Lipinski definition) is 3. The van der Waals surface area contributed by atoms with Crippen LogP contribution in [0.3, 0.4) is 0 Å². The Kier molecular flexibility index (Phi) is 7.37. The Morgan fingerprint density at radius 2 is 1.56 bits per heavy atom. The Labute approximate surface area is 158 Å². The minimum Gasteiger partial charge on any atom is -0.350 e. The van der Waals surface area contributed by atoms with Gasteiger partial charge in [0.15, 0.2) is 0 Å². The summed E-state index contributed by atoms with van der Waals surface area (Å²) in [5, 5.41) is 10.8. The van der Waals surface area contributed by atoms with Gasteiger partial charge < -0.3 is 21.3 Å². The third-order valence-electron chi connectivity index (χ3n) is 3.57. The van der Waals surface area contributed by atoms with Gasteiger partial charge in [0.2, 0.25) is 5.91 Å². The van der Waals surface area contributed by atoms with Crippen LogP contribution in [0, 0.1) is 0 Å². The molecule has 0 heterocycles. The van der Waals surface area contributed by atoms with Gasteiger partial charge in [-0.15, -0.1) is 0 Å². The molecule has 0 aliphatic heterocycles. The molecule has 0 bridgehead atoms. The summed E-state index contributed by atoms with van der Waals surface area (Å²) < 4.78 is 0. The molecule has 0 aromatic heterocycles. The van der Waals surface area contributed by atoms with E-state index in [1.165, 1.54) is 0 Å². The number of rotatable bonds is 7. The second-order valence-corrected chi connectivity index (χ2v) is 6.28. The molecule has 7 nitrogen and oxygen atoms in total. The SMILES string of the molecule is CC(C)NC(=O)Nc1ccc(CNC(=O)CNC(=O)c2ccccc2)cc1. The average Bonchev–Trinajstić information content (AvgIpc) is 2.65. The Balaban J connectivity index is 1.73. The summed E-state index contributed by atoms with van der Waals surface area (Å²) >= 11 is 0. The van der Waals surface area contributed by atoms with Crippen molar-refractivity contribution in [1.29, 1.82) is 0 Å². The van der Waals surface area contributed by atoms with Crippen molar-refractivity contribution in [2.24, 2.45) is 0 Å². The minimum absolute atomic E-state index is 0.0573. The molecule has 2 aromatic rings. The van der Waals surface area contributed by atoms with E-state index in [0.717, 1.165) is 5.56 Å². The van der Waals surface area contributed by atoms with Crippen LogP contribution in [-0.2, 0) is 11.3 Å². The zero-order valence-electron chi connectivity index (χ0n) is 15.4. The summed E-state index contributed by atoms with van der Waals surface area (Å²) in [6, 6.07) is 15.7. The van der Waals surface area contributed by atoms with E-state index in [-0.39, 0.29) is 30.4 Å². The van der Waals surface area contributed by atoms with Gasteiger partial charge in [-0.2, -0.15) is 0 Å². The summed E-state index contributed by atoms with van der Waals surface area (Å²) in [4.78, 5) is 35.4. The number of anilines is 1. The highest BCUT2D eigenvalue weighted by atomic mass is 16.2. The smallest absolute Gasteiger partial charge is 0.319 e. The van der Waals surface area contributed by atoms with Crippen LogP contribution in [0.4, 0.5) is 10.5 Å². The number of hydrogen-bond donors (Lipinski definition) is 4. The van der Waals surface area contributed by atoms with E-state index in [1.807, 2.05) is 32.0 Å². The summed E-state index contributed by atoms with van der Waals surface area (Å²) in [7, 11) is 0. The van der Waals surface area contributed by atoms with Gasteiger partial charge in [0.25, 0.3) is 5.91 Å². The van der Waals surface area contributed by atoms with Crippen LogP contribution in [0.2, 0.25) is 0 Å². The summed E-state index contributed by atoms with van der Waals surface area (Å²) in [5.74, 6) is -0.571. The van der Waals surface area contributed by atoms with Crippen LogP contribution in [0.5, 0.6) is 0 Å². The molecule has 0 fully saturated rings. The largest absolute Gasteiger partial charge is 0.350 e. The fraction of sp³-hybridized carbons (Fsp3) is 0.250. The molecule has 142 valence electrons. The standard InChI is InChI=1S/C20H24N4O3/c1-14(2)23-20(27)24-17-10-8-15(9-11-17)12-21-18(25)13-22-19(26)16-6-4-3-5-7-16/h3-11,14H,12-13H2,1-2H3,(H,21,25)(H,22,26)(H2,23,24,27). The third-order valence-corrected chi connectivity index (χ3v) is 3.57. The van der Waals surface area contributed by atoms with Gasteiger partial charge in [0.05, 0.1) is 6.54 Å². The number of urea groups is 1. The van der Waals surface area contributed by atoms with E-state index in [4.69, 9.17) is 0 Å². The van der Waals surface area contributed by atoms with Crippen LogP contribution in [0.25, 0.3) is 0 Å². The van der Waals surface area contributed by atoms with Gasteiger partial charge in [-0.1, -0.05) is 30.3 Å². The molecule has 0 spiro atoms. The van der Waals surface area contributed by atoms with Crippen LogP contribution in [0.1, 0.15) is 29.8 Å². The zero-order valence-corrected chi connectivity index (χ0v) is 15.4. The molecule has 0 aliphatic carbocycles. The van der Waals surface area contributed by atoms with E-state index >= 15 is 0 Å². The molecule has 0 atom stereocenters. The molecule has 2 rings (SSSR count). The van der Waals surface area contributed by atoms with Crippen molar-refractivity contribution in [1.82, 2.24) is 16.0 Å². The third kappa shape index (κ3) is 7.19. The maximum atomic E-state index is 11.9. The average molecular weight is 368 g/mol. The molecular formula is C20H24N4O3. The van der Waals surface area contributed by atoms with E-state index in [9.17, 15) is 14.4 Å². The van der Waals surface area contributed by atoms with Gasteiger partial charge in [-0.05, 0) is 43.7 Å². The molecule has 0 saturated carbocycles. The van der Waals surface area contributed by atoms with Crippen molar-refractivity contribution in [2.75, 3.05) is 11.9 Å². The van der Waals surface area contributed by atoms with Crippen molar-refractivity contribution in [3.63, 3.8) is 0 Å². The molecule has 4 N–H and O–H groups in total. The Morgan fingerprint density at radius 3 is 2.19 bits per heavy atom. The van der Waals surface area contributed by atoms with E-state index in [2.05, 4.69) is 21.3 Å². The second-order valence-electron chi connectivity index (χ2n) is 6.28. The first kappa shape index (κ1) is 20.0. The van der Waals surface area contributed by atoms with Crippen molar-refractivity contribution in [2.45, 2.75) is 26.4 Å². The number of amides is 4. The van der Waals surface area contributed by atoms with Gasteiger partial charge in [-0.3, -0.25) is 9.59 Å². The lowest BCUT2D eigenvalue weighted by Crippen LogP contribution is -2.36. The highest BCUT2D eigenvalue weighted by molar-refractivity contribution is 5.96. The predicted octanol–water partition coefficient (Wildman–Crippen LogP) is 2.26. The molecular weight excluding hydrogens is 344 g/mol. The molecule has 0 aliphatic rings. The quantitative estimate of drug-likeness (QED) is 0.603. The van der Waals surface area contributed by atoms with Crippen molar-refractivity contribution >= 4 is 23.5 Å². The van der Waals surface area contributed by atoms with Crippen LogP contribution < -0.4 is 21.3 Å². The Hall–Kier alpha value is -3.35. The van der Waals surface area contributed by atoms with Crippen LogP contribution in [0.15, 0.2) is 54.6 Å². The monoisotopic (exact) mass is 368 g/mol. The number of benzene rings is 2. The molecule has 4 amide bonds. The Morgan fingerprint density at radius 1 is 0.889 bits per heavy atom. The summed E-state index contributed by atoms with van der Waals surface area (Å²) in [6.45, 7) is 4.00. The zero-order chi connectivity index (χ0) is 19.6. The lowest BCUT2D eigenvalue weighted by Gasteiger charge is -2.11. The van der Waals surface area contributed by atoms with Gasteiger partial charge in [0.1, 0.15) is 0 Å². The molecule has 0 unspecified atom stereocenters. The van der Waals surface area contributed by atoms with Crippen molar-refractivity contribution in [3.05, 3.63) is 65.7 Å². The predicted molar refractivity (Wildman–Crippen MR) is 104 cm³/mol. The lowest BCUT2D eigenvalue weighted by atomic mass is 10.2. The maximum absolute atomic E-state index is 11.9. The normalized spacial score (nSPS) is 10.2. The fourth-order valence-corrected chi connectivity index (χ4v) is 2.25. The lowest BCUT2D eigenvalue weighted by molar-refractivity contribution is -0.120. The van der Waals surface area contributed by atoms with Gasteiger partial charge >= 0.3 is 6.03 Å². The first-order valence-electron chi connectivity index (χ1n) is 8.70. The molecule has 2 aromatic carbocycles. The number of carbonyl (C=O) groups excluding carboxylic acids is 3. The van der Waals surface area contributed by atoms with Crippen molar-refractivity contribution < 1.29 is 14.4 Å². The minimum atomic E-state index is -0.291. The van der Waals surface area contributed by atoms with Crippen molar-refractivity contribution in [3.8, 4) is 0 Å². The fourth-order valence-electron chi connectivity index (χ4n) is 2.25. The topological polar surface area (TPSA) is 99.3 Å². The Bertz CT molecular complexity index is 774. The van der Waals surface area contributed by atoms with Gasteiger partial charge in [0, 0.05) is 23.8 Å². The first-order chi connectivity index (χ1) is 12.9. The van der Waals surface area contributed by atoms with Gasteiger partial charge in [-0.25, -0.2) is 4.79 Å². The molecule has 0 radical (unpaired) electrons. The van der Waals surface area contributed by atoms with E-state index in [0.29, 0.717) is 17.8 Å². The molecule has 0 saturated heterocycles. The summed E-state index contributed by atoms with van der Waals surface area (Å²) in [6.07, 6.45) is 0. The first-order valence-corrected chi connectivity index (χ1v) is 8.70. The molecule has 7 heteroatoms. The number of carbonyl (C=O) groups is 3. The van der Waals surface area contributed by atoms with Crippen LogP contribution >= 0.6 is 0 Å². The highest BCUT2D eigenvalue weighted by Gasteiger charge is 2.07. The second kappa shape index (κ2) is 9.96. The van der Waals surface area contributed by atoms with E-state index in [1.54, 1.807) is 36.4 Å². The van der Waals surface area contributed by atoms with E-state index < -0.39 is 0 Å². The van der Waals surface area contributed by atoms with Crippen LogP contribution in [-0.4, -0.2) is 30.4 Å². The maximum Gasteiger partial charge on any atom is 0.319 e. The summed E-state index contributed by atoms with van der Waals surface area (Å²) in [5.41, 5.74) is 2.06. The number of nitrogens with one attached hydrogen (secondary N) is 4.